The van der Waals surface area contributed by atoms with Crippen molar-refractivity contribution in [2.24, 2.45) is 0 Å². The molecule has 7 heteroatoms. The van der Waals surface area contributed by atoms with Gasteiger partial charge in [0.25, 0.3) is 5.91 Å². The topological polar surface area (TPSA) is 55.4 Å². The lowest BCUT2D eigenvalue weighted by Crippen LogP contribution is -2.33. The van der Waals surface area contributed by atoms with Crippen LogP contribution in [0.4, 0.5) is 4.39 Å². The normalized spacial score (nSPS) is 12.2. The molecule has 1 N–H and O–H groups in total. The number of ether oxygens (including phenoxy) is 1. The van der Waals surface area contributed by atoms with Crippen LogP contribution in [0.5, 0.6) is 0 Å². The third kappa shape index (κ3) is 3.26. The van der Waals surface area contributed by atoms with E-state index in [2.05, 4.69) is 10.1 Å². The van der Waals surface area contributed by atoms with Gasteiger partial charge in [0.15, 0.2) is 0 Å². The molecule has 2 aromatic rings. The highest BCUT2D eigenvalue weighted by atomic mass is 35.5. The quantitative estimate of drug-likeness (QED) is 0.697. The van der Waals surface area contributed by atoms with Gasteiger partial charge in [0.05, 0.1) is 12.0 Å². The number of hydrogen-bond donors (Lipinski definition) is 1. The second kappa shape index (κ2) is 6.19. The molecule has 0 saturated heterocycles. The minimum atomic E-state index is -0.934. The third-order valence-corrected chi connectivity index (χ3v) is 4.03. The zero-order chi connectivity index (χ0) is 14.7. The van der Waals surface area contributed by atoms with E-state index < -0.39 is 11.3 Å². The number of rotatable bonds is 4. The predicted molar refractivity (Wildman–Crippen MR) is 75.8 cm³/mol. The first-order valence-electron chi connectivity index (χ1n) is 5.70. The smallest absolute Gasteiger partial charge is 0.325 e. The maximum absolute atomic E-state index is 13.1. The molecule has 0 bridgehead atoms. The summed E-state index contributed by atoms with van der Waals surface area (Å²) in [6.45, 7) is -0.0321. The van der Waals surface area contributed by atoms with Gasteiger partial charge < -0.3 is 10.1 Å². The summed E-state index contributed by atoms with van der Waals surface area (Å²) < 4.78 is 18.2. The number of esters is 1. The van der Waals surface area contributed by atoms with Gasteiger partial charge in [0.1, 0.15) is 11.2 Å². The molecule has 106 valence electrons. The van der Waals surface area contributed by atoms with Crippen molar-refractivity contribution in [2.75, 3.05) is 13.7 Å². The SMILES string of the molecule is COC(=O)C(Cl)CNC(=O)c1cc2ccc(F)cc2s1. The Labute approximate surface area is 123 Å². The molecule has 0 fully saturated rings. The van der Waals surface area contributed by atoms with E-state index in [9.17, 15) is 14.0 Å². The molecular weight excluding hydrogens is 305 g/mol. The largest absolute Gasteiger partial charge is 0.468 e. The number of thiophene rings is 1. The summed E-state index contributed by atoms with van der Waals surface area (Å²) in [6.07, 6.45) is 0. The van der Waals surface area contributed by atoms with E-state index in [0.717, 1.165) is 5.39 Å². The number of amides is 1. The van der Waals surface area contributed by atoms with Crippen molar-refractivity contribution in [3.8, 4) is 0 Å². The Morgan fingerprint density at radius 3 is 2.90 bits per heavy atom. The van der Waals surface area contributed by atoms with Crippen molar-refractivity contribution in [1.29, 1.82) is 0 Å². The van der Waals surface area contributed by atoms with Gasteiger partial charge >= 0.3 is 5.97 Å². The lowest BCUT2D eigenvalue weighted by atomic mass is 10.2. The Morgan fingerprint density at radius 1 is 1.45 bits per heavy atom. The third-order valence-electron chi connectivity index (χ3n) is 2.60. The number of fused-ring (bicyclic) bond motifs is 1. The summed E-state index contributed by atoms with van der Waals surface area (Å²) in [5.41, 5.74) is 0. The number of nitrogens with one attached hydrogen (secondary N) is 1. The Kier molecular flexibility index (Phi) is 4.57. The average molecular weight is 316 g/mol. The molecule has 1 amide bonds. The van der Waals surface area contributed by atoms with Crippen molar-refractivity contribution >= 4 is 44.9 Å². The van der Waals surface area contributed by atoms with Gasteiger partial charge in [-0.05, 0) is 23.6 Å². The molecule has 0 spiro atoms. The molecule has 1 atom stereocenters. The van der Waals surface area contributed by atoms with Gasteiger partial charge in [0, 0.05) is 11.2 Å². The van der Waals surface area contributed by atoms with E-state index in [1.165, 1.54) is 30.6 Å². The van der Waals surface area contributed by atoms with Crippen LogP contribution in [-0.4, -0.2) is 30.9 Å². The van der Waals surface area contributed by atoms with Crippen LogP contribution in [0.25, 0.3) is 10.1 Å². The lowest BCUT2D eigenvalue weighted by Gasteiger charge is -2.07. The first-order valence-corrected chi connectivity index (χ1v) is 6.95. The molecule has 1 heterocycles. The molecule has 1 unspecified atom stereocenters. The van der Waals surface area contributed by atoms with E-state index in [-0.39, 0.29) is 18.3 Å². The first kappa shape index (κ1) is 14.7. The van der Waals surface area contributed by atoms with Crippen molar-refractivity contribution in [1.82, 2.24) is 5.32 Å². The van der Waals surface area contributed by atoms with Gasteiger partial charge in [-0.25, -0.2) is 4.39 Å². The zero-order valence-electron chi connectivity index (χ0n) is 10.5. The van der Waals surface area contributed by atoms with Gasteiger partial charge in [-0.1, -0.05) is 6.07 Å². The molecule has 1 aromatic heterocycles. The summed E-state index contributed by atoms with van der Waals surface area (Å²) >= 11 is 6.90. The molecule has 4 nitrogen and oxygen atoms in total. The second-order valence-electron chi connectivity index (χ2n) is 3.99. The van der Waals surface area contributed by atoms with Crippen molar-refractivity contribution in [2.45, 2.75) is 5.38 Å². The number of benzene rings is 1. The minimum Gasteiger partial charge on any atom is -0.468 e. The van der Waals surface area contributed by atoms with Crippen molar-refractivity contribution < 1.29 is 18.7 Å². The highest BCUT2D eigenvalue weighted by Gasteiger charge is 2.18. The summed E-state index contributed by atoms with van der Waals surface area (Å²) in [6, 6.07) is 5.98. The van der Waals surface area contributed by atoms with Crippen LogP contribution in [-0.2, 0) is 9.53 Å². The highest BCUT2D eigenvalue weighted by Crippen LogP contribution is 2.26. The summed E-state index contributed by atoms with van der Waals surface area (Å²) in [5.74, 6) is -1.32. The average Bonchev–Trinajstić information content (AvgIpc) is 2.86. The molecule has 0 aliphatic rings. The van der Waals surface area contributed by atoms with E-state index >= 15 is 0 Å². The monoisotopic (exact) mass is 315 g/mol. The molecule has 20 heavy (non-hydrogen) atoms. The molecule has 0 radical (unpaired) electrons. The Balaban J connectivity index is 2.06. The van der Waals surface area contributed by atoms with Crippen LogP contribution < -0.4 is 5.32 Å². The number of hydrogen-bond acceptors (Lipinski definition) is 4. The fourth-order valence-electron chi connectivity index (χ4n) is 1.60. The molecule has 0 aliphatic heterocycles. The molecule has 2 rings (SSSR count). The Hall–Kier alpha value is -1.66. The van der Waals surface area contributed by atoms with E-state index in [1.807, 2.05) is 0 Å². The van der Waals surface area contributed by atoms with Crippen LogP contribution in [0.15, 0.2) is 24.3 Å². The van der Waals surface area contributed by atoms with Gasteiger partial charge in [-0.3, -0.25) is 9.59 Å². The molecular formula is C13H11ClFNO3S. The zero-order valence-corrected chi connectivity index (χ0v) is 12.1. The minimum absolute atomic E-state index is 0.0321. The summed E-state index contributed by atoms with van der Waals surface area (Å²) in [4.78, 5) is 23.4. The fourth-order valence-corrected chi connectivity index (χ4v) is 2.77. The number of alkyl halides is 1. The van der Waals surface area contributed by atoms with Crippen molar-refractivity contribution in [3.05, 3.63) is 35.0 Å². The Morgan fingerprint density at radius 2 is 2.20 bits per heavy atom. The maximum atomic E-state index is 13.1. The molecule has 0 saturated carbocycles. The highest BCUT2D eigenvalue weighted by molar-refractivity contribution is 7.20. The summed E-state index contributed by atoms with van der Waals surface area (Å²) in [5, 5.41) is 2.39. The maximum Gasteiger partial charge on any atom is 0.325 e. The van der Waals surface area contributed by atoms with Gasteiger partial charge in [0.2, 0.25) is 0 Å². The number of carbonyl (C=O) groups excluding carboxylic acids is 2. The van der Waals surface area contributed by atoms with Crippen LogP contribution in [0.1, 0.15) is 9.67 Å². The standard InChI is InChI=1S/C13H11ClFNO3S/c1-19-13(18)9(14)6-16-12(17)11-4-7-2-3-8(15)5-10(7)20-11/h2-5,9H,6H2,1H3,(H,16,17). The fraction of sp³-hybridized carbons (Fsp3) is 0.231. The van der Waals surface area contributed by atoms with Crippen molar-refractivity contribution in [3.63, 3.8) is 0 Å². The van der Waals surface area contributed by atoms with Crippen LogP contribution in [0.2, 0.25) is 0 Å². The number of halogens is 2. The lowest BCUT2D eigenvalue weighted by molar-refractivity contribution is -0.140. The summed E-state index contributed by atoms with van der Waals surface area (Å²) in [7, 11) is 1.22. The molecule has 0 aliphatic carbocycles. The van der Waals surface area contributed by atoms with Crippen LogP contribution >= 0.6 is 22.9 Å². The van der Waals surface area contributed by atoms with E-state index in [1.54, 1.807) is 12.1 Å². The van der Waals surface area contributed by atoms with Gasteiger partial charge in [-0.15, -0.1) is 22.9 Å². The van der Waals surface area contributed by atoms with Gasteiger partial charge in [-0.2, -0.15) is 0 Å². The van der Waals surface area contributed by atoms with Crippen LogP contribution in [0.3, 0.4) is 0 Å². The van der Waals surface area contributed by atoms with E-state index in [0.29, 0.717) is 9.58 Å². The molecule has 1 aromatic carbocycles. The number of carbonyl (C=O) groups is 2. The predicted octanol–water partition coefficient (Wildman–Crippen LogP) is 2.55. The number of methoxy groups -OCH3 is 1. The second-order valence-corrected chi connectivity index (χ2v) is 5.60. The first-order chi connectivity index (χ1) is 9.51. The Bertz CT molecular complexity index is 658. The van der Waals surface area contributed by atoms with E-state index in [4.69, 9.17) is 11.6 Å². The van der Waals surface area contributed by atoms with Crippen LogP contribution in [0, 0.1) is 5.82 Å².